The van der Waals surface area contributed by atoms with Crippen LogP contribution in [0.15, 0.2) is 207 Å². The molecule has 264 valence electrons. The first-order valence-electron chi connectivity index (χ1n) is 19.1. The lowest BCUT2D eigenvalue weighted by Crippen LogP contribution is -2.35. The zero-order valence-corrected chi connectivity index (χ0v) is 30.5. The van der Waals surface area contributed by atoms with Crippen molar-refractivity contribution >= 4 is 38.5 Å². The largest absolute Gasteiger partial charge is 0.359 e. The van der Waals surface area contributed by atoms with Crippen LogP contribution in [0, 0.1) is 0 Å². The van der Waals surface area contributed by atoms with Crippen molar-refractivity contribution in [3.63, 3.8) is 0 Å². The van der Waals surface area contributed by atoms with E-state index in [4.69, 9.17) is 4.98 Å². The number of nitrogens with zero attached hydrogens (tertiary/aromatic N) is 3. The van der Waals surface area contributed by atoms with Gasteiger partial charge in [0.15, 0.2) is 0 Å². The Morgan fingerprint density at radius 1 is 0.482 bits per heavy atom. The van der Waals surface area contributed by atoms with E-state index in [0.717, 1.165) is 39.3 Å². The summed E-state index contributed by atoms with van der Waals surface area (Å²) in [6.07, 6.45) is 13.0. The van der Waals surface area contributed by atoms with E-state index in [2.05, 4.69) is 215 Å². The number of aromatic nitrogens is 2. The highest BCUT2D eigenvalue weighted by Crippen LogP contribution is 2.44. The van der Waals surface area contributed by atoms with Crippen molar-refractivity contribution < 1.29 is 0 Å². The summed E-state index contributed by atoms with van der Waals surface area (Å²) in [5, 5.41) is 8.75. The summed E-state index contributed by atoms with van der Waals surface area (Å²) in [7, 11) is 0. The van der Waals surface area contributed by atoms with Crippen LogP contribution in [-0.2, 0) is 0 Å². The van der Waals surface area contributed by atoms with Gasteiger partial charge < -0.3 is 14.6 Å². The molecule has 2 aliphatic heterocycles. The van der Waals surface area contributed by atoms with Gasteiger partial charge in [0.1, 0.15) is 11.8 Å². The molecular formula is C52H36N4. The number of hydrogen-bond donors (Lipinski definition) is 1. The SMILES string of the molecule is C1=CN2C=C(c3ccc(-c4c5ccccc5c(-c5ccc(-c6cn7cccc(-c8ccccc8)c7n6)cc5)c5ccccc45)cc3)NC2C(c2ccccc2)=C1. The van der Waals surface area contributed by atoms with Crippen molar-refractivity contribution in [3.05, 3.63) is 218 Å². The summed E-state index contributed by atoms with van der Waals surface area (Å²) in [5.74, 6) is 0. The minimum atomic E-state index is 0.0681. The first-order chi connectivity index (χ1) is 27.8. The predicted molar refractivity (Wildman–Crippen MR) is 232 cm³/mol. The van der Waals surface area contributed by atoms with Crippen LogP contribution >= 0.6 is 0 Å². The normalized spacial score (nSPS) is 14.9. The second-order valence-electron chi connectivity index (χ2n) is 14.5. The Hall–Kier alpha value is -7.43. The fourth-order valence-electron chi connectivity index (χ4n) is 8.60. The smallest absolute Gasteiger partial charge is 0.145 e. The maximum Gasteiger partial charge on any atom is 0.145 e. The van der Waals surface area contributed by atoms with Gasteiger partial charge in [0.05, 0.1) is 11.4 Å². The first-order valence-corrected chi connectivity index (χ1v) is 19.1. The number of imidazole rings is 1. The van der Waals surface area contributed by atoms with Crippen molar-refractivity contribution in [2.24, 2.45) is 0 Å². The molecule has 0 amide bonds. The average molecular weight is 717 g/mol. The maximum absolute atomic E-state index is 5.12. The van der Waals surface area contributed by atoms with Crippen molar-refractivity contribution in [2.75, 3.05) is 0 Å². The van der Waals surface area contributed by atoms with Crippen LogP contribution < -0.4 is 5.32 Å². The van der Waals surface area contributed by atoms with Crippen LogP contribution in [0.5, 0.6) is 0 Å². The Bertz CT molecular complexity index is 2970. The fourth-order valence-corrected chi connectivity index (χ4v) is 8.60. The number of rotatable bonds is 6. The standard InChI is InChI=1S/C52H36N4/c1-3-13-35(14-4-1)41-21-11-31-55-33-47(53-51(41)55)37-23-27-39(28-24-37)49-43-17-7-9-19-45(43)50(46-20-10-8-18-44(46)49)40-29-25-38(26-30-40)48-34-56-32-12-22-42(52(56)54-48)36-15-5-2-6-16-36/h1-34,51,53H. The number of pyridine rings is 1. The molecule has 1 atom stereocenters. The quantitative estimate of drug-likeness (QED) is 0.174. The average Bonchev–Trinajstić information content (AvgIpc) is 3.92. The summed E-state index contributed by atoms with van der Waals surface area (Å²) in [4.78, 5) is 7.38. The molecule has 0 saturated carbocycles. The number of allylic oxidation sites excluding steroid dienone is 2. The van der Waals surface area contributed by atoms with Gasteiger partial charge in [-0.15, -0.1) is 0 Å². The third kappa shape index (κ3) is 5.34. The van der Waals surface area contributed by atoms with Gasteiger partial charge in [0.2, 0.25) is 0 Å². The third-order valence-electron chi connectivity index (χ3n) is 11.3. The Morgan fingerprint density at radius 2 is 1.02 bits per heavy atom. The lowest BCUT2D eigenvalue weighted by atomic mass is 9.85. The van der Waals surface area contributed by atoms with Crippen LogP contribution in [0.25, 0.3) is 83.1 Å². The van der Waals surface area contributed by atoms with E-state index in [1.807, 2.05) is 6.07 Å². The van der Waals surface area contributed by atoms with E-state index in [9.17, 15) is 0 Å². The topological polar surface area (TPSA) is 32.6 Å². The summed E-state index contributed by atoms with van der Waals surface area (Å²) >= 11 is 0. The predicted octanol–water partition coefficient (Wildman–Crippen LogP) is 12.4. The van der Waals surface area contributed by atoms with Gasteiger partial charge in [-0.3, -0.25) is 0 Å². The highest BCUT2D eigenvalue weighted by Gasteiger charge is 2.29. The van der Waals surface area contributed by atoms with E-state index in [0.29, 0.717) is 0 Å². The highest BCUT2D eigenvalue weighted by molar-refractivity contribution is 6.21. The molecule has 56 heavy (non-hydrogen) atoms. The van der Waals surface area contributed by atoms with Crippen LogP contribution in [0.3, 0.4) is 0 Å². The van der Waals surface area contributed by atoms with Gasteiger partial charge in [-0.2, -0.15) is 0 Å². The van der Waals surface area contributed by atoms with Gasteiger partial charge in [-0.25, -0.2) is 4.98 Å². The molecule has 0 spiro atoms. The molecule has 0 radical (unpaired) electrons. The Balaban J connectivity index is 0.948. The van der Waals surface area contributed by atoms with E-state index in [-0.39, 0.29) is 6.17 Å². The molecule has 0 aliphatic carbocycles. The van der Waals surface area contributed by atoms with Crippen molar-refractivity contribution in [3.8, 4) is 44.6 Å². The molecule has 7 aromatic carbocycles. The summed E-state index contributed by atoms with van der Waals surface area (Å²) in [5.41, 5.74) is 14.9. The van der Waals surface area contributed by atoms with Gasteiger partial charge >= 0.3 is 0 Å². The summed E-state index contributed by atoms with van der Waals surface area (Å²) in [6.45, 7) is 0. The Labute approximate surface area is 325 Å². The molecule has 11 rings (SSSR count). The Morgan fingerprint density at radius 3 is 1.62 bits per heavy atom. The minimum Gasteiger partial charge on any atom is -0.359 e. The maximum atomic E-state index is 5.12. The monoisotopic (exact) mass is 716 g/mol. The van der Waals surface area contributed by atoms with Gasteiger partial charge in [-0.05, 0) is 78.7 Å². The molecule has 0 fully saturated rings. The van der Waals surface area contributed by atoms with Crippen LogP contribution in [0.4, 0.5) is 0 Å². The molecule has 2 aliphatic rings. The van der Waals surface area contributed by atoms with Gasteiger partial charge in [0.25, 0.3) is 0 Å². The molecule has 4 heterocycles. The van der Waals surface area contributed by atoms with Gasteiger partial charge in [0, 0.05) is 41.5 Å². The number of benzene rings is 7. The minimum absolute atomic E-state index is 0.0681. The van der Waals surface area contributed by atoms with Crippen molar-refractivity contribution in [1.82, 2.24) is 19.6 Å². The fraction of sp³-hybridized carbons (Fsp3) is 0.0192. The molecule has 1 N–H and O–H groups in total. The second kappa shape index (κ2) is 13.2. The molecule has 0 saturated heterocycles. The molecule has 4 nitrogen and oxygen atoms in total. The molecule has 2 aromatic heterocycles. The lowest BCUT2D eigenvalue weighted by molar-refractivity contribution is 0.439. The van der Waals surface area contributed by atoms with E-state index >= 15 is 0 Å². The van der Waals surface area contributed by atoms with E-state index < -0.39 is 0 Å². The van der Waals surface area contributed by atoms with Crippen LogP contribution in [0.2, 0.25) is 0 Å². The second-order valence-corrected chi connectivity index (χ2v) is 14.5. The third-order valence-corrected chi connectivity index (χ3v) is 11.3. The number of nitrogens with one attached hydrogen (secondary N) is 1. The van der Waals surface area contributed by atoms with Crippen molar-refractivity contribution in [2.45, 2.75) is 6.17 Å². The molecule has 4 heteroatoms. The van der Waals surface area contributed by atoms with Crippen molar-refractivity contribution in [1.29, 1.82) is 0 Å². The van der Waals surface area contributed by atoms with E-state index in [1.54, 1.807) is 0 Å². The zero-order chi connectivity index (χ0) is 37.0. The molecular weight excluding hydrogens is 681 g/mol. The van der Waals surface area contributed by atoms with Gasteiger partial charge in [-0.1, -0.05) is 164 Å². The summed E-state index contributed by atoms with van der Waals surface area (Å²) in [6, 6.07) is 61.0. The highest BCUT2D eigenvalue weighted by atomic mass is 15.3. The molecule has 1 unspecified atom stereocenters. The molecule has 9 aromatic rings. The number of hydrogen-bond acceptors (Lipinski definition) is 3. The Kier molecular flexibility index (Phi) is 7.52. The first kappa shape index (κ1) is 32.0. The lowest BCUT2D eigenvalue weighted by Gasteiger charge is -2.28. The van der Waals surface area contributed by atoms with Crippen LogP contribution in [-0.4, -0.2) is 20.5 Å². The zero-order valence-electron chi connectivity index (χ0n) is 30.5. The summed E-state index contributed by atoms with van der Waals surface area (Å²) < 4.78 is 2.12. The van der Waals surface area contributed by atoms with Crippen LogP contribution in [0.1, 0.15) is 11.1 Å². The van der Waals surface area contributed by atoms with E-state index in [1.165, 1.54) is 54.9 Å². The number of fused-ring (bicyclic) bond motifs is 4. The molecule has 0 bridgehead atoms.